The highest BCUT2D eigenvalue weighted by Crippen LogP contribution is 2.32. The number of esters is 1. The molecular weight excluding hydrogens is 493 g/mol. The van der Waals surface area contributed by atoms with Crippen LogP contribution in [0.5, 0.6) is 5.75 Å². The number of fused-ring (bicyclic) bond motifs is 1. The van der Waals surface area contributed by atoms with E-state index < -0.39 is 46.5 Å². The number of carbonyl (C=O) groups excluding carboxylic acids is 1. The number of rotatable bonds is 3. The third-order valence-corrected chi connectivity index (χ3v) is 5.78. The molecule has 36 heavy (non-hydrogen) atoms. The minimum Gasteiger partial charge on any atom is -0.423 e. The molecule has 188 valence electrons. The van der Waals surface area contributed by atoms with Crippen LogP contribution in [0.4, 0.5) is 30.7 Å². The fraction of sp³-hybridized carbons (Fsp3) is 0.269. The van der Waals surface area contributed by atoms with Crippen molar-refractivity contribution < 1.29 is 45.0 Å². The fourth-order valence-corrected chi connectivity index (χ4v) is 3.95. The van der Waals surface area contributed by atoms with E-state index in [4.69, 9.17) is 9.47 Å². The van der Waals surface area contributed by atoms with Gasteiger partial charge in [-0.1, -0.05) is 5.92 Å². The van der Waals surface area contributed by atoms with Crippen molar-refractivity contribution in [3.05, 3.63) is 76.4 Å². The highest BCUT2D eigenvalue weighted by molar-refractivity contribution is 5.93. The van der Waals surface area contributed by atoms with Gasteiger partial charge in [0.1, 0.15) is 34.6 Å². The summed E-state index contributed by atoms with van der Waals surface area (Å²) in [4.78, 5) is 12.5. The molecule has 0 bridgehead atoms. The van der Waals surface area contributed by atoms with Gasteiger partial charge in [0.25, 0.3) is 0 Å². The SMILES string of the molecule is CC1CCC(c2cc(F)c(C(=O)Oc3ccc4c(F)c(C#CC(F)(F)F)c(F)cc4c3)c(F)c2)CO1. The molecule has 10 heteroatoms. The number of carbonyl (C=O) groups is 1. The molecule has 1 aliphatic rings. The second kappa shape index (κ2) is 9.82. The number of alkyl halides is 3. The molecule has 1 aliphatic heterocycles. The lowest BCUT2D eigenvalue weighted by Gasteiger charge is -2.27. The Morgan fingerprint density at radius 2 is 1.69 bits per heavy atom. The van der Waals surface area contributed by atoms with Gasteiger partial charge in [-0.25, -0.2) is 22.4 Å². The van der Waals surface area contributed by atoms with Gasteiger partial charge in [0.2, 0.25) is 0 Å². The first-order chi connectivity index (χ1) is 16.9. The first-order valence-electron chi connectivity index (χ1n) is 10.8. The van der Waals surface area contributed by atoms with Gasteiger partial charge >= 0.3 is 12.1 Å². The van der Waals surface area contributed by atoms with Gasteiger partial charge in [0.05, 0.1) is 18.3 Å². The van der Waals surface area contributed by atoms with Crippen molar-refractivity contribution in [3.63, 3.8) is 0 Å². The fourth-order valence-electron chi connectivity index (χ4n) is 3.95. The molecule has 0 radical (unpaired) electrons. The normalized spacial score (nSPS) is 18.0. The lowest BCUT2D eigenvalue weighted by Crippen LogP contribution is -2.23. The second-order valence-corrected chi connectivity index (χ2v) is 8.35. The molecule has 0 aromatic heterocycles. The monoisotopic (exact) mass is 510 g/mol. The molecule has 0 aliphatic carbocycles. The van der Waals surface area contributed by atoms with E-state index in [1.165, 1.54) is 5.92 Å². The van der Waals surface area contributed by atoms with Crippen molar-refractivity contribution in [1.82, 2.24) is 0 Å². The van der Waals surface area contributed by atoms with Crippen LogP contribution in [0.15, 0.2) is 36.4 Å². The molecule has 0 saturated carbocycles. The van der Waals surface area contributed by atoms with E-state index in [0.717, 1.165) is 42.7 Å². The molecule has 1 heterocycles. The van der Waals surface area contributed by atoms with Crippen LogP contribution in [0, 0.1) is 35.1 Å². The summed E-state index contributed by atoms with van der Waals surface area (Å²) in [7, 11) is 0. The third-order valence-electron chi connectivity index (χ3n) is 5.78. The summed E-state index contributed by atoms with van der Waals surface area (Å²) >= 11 is 0. The van der Waals surface area contributed by atoms with E-state index >= 15 is 0 Å². The number of hydrogen-bond acceptors (Lipinski definition) is 3. The first kappa shape index (κ1) is 25.5. The van der Waals surface area contributed by atoms with E-state index in [0.29, 0.717) is 18.1 Å². The largest absolute Gasteiger partial charge is 0.458 e. The third kappa shape index (κ3) is 5.46. The molecule has 4 rings (SSSR count). The van der Waals surface area contributed by atoms with Gasteiger partial charge in [0.15, 0.2) is 0 Å². The molecule has 3 aromatic rings. The Balaban J connectivity index is 1.59. The first-order valence-corrected chi connectivity index (χ1v) is 10.8. The number of ether oxygens (including phenoxy) is 2. The summed E-state index contributed by atoms with van der Waals surface area (Å²) in [6.45, 7) is 2.19. The smallest absolute Gasteiger partial charge is 0.423 e. The Kier molecular flexibility index (Phi) is 6.96. The average Bonchev–Trinajstić information content (AvgIpc) is 2.78. The minimum atomic E-state index is -4.95. The number of benzene rings is 3. The Morgan fingerprint density at radius 1 is 1.00 bits per heavy atom. The van der Waals surface area contributed by atoms with E-state index in [1.807, 2.05) is 6.92 Å². The quantitative estimate of drug-likeness (QED) is 0.168. The summed E-state index contributed by atoms with van der Waals surface area (Å²) in [5.74, 6) is -4.66. The van der Waals surface area contributed by atoms with Crippen LogP contribution in [0.3, 0.4) is 0 Å². The molecule has 3 nitrogen and oxygen atoms in total. The molecule has 0 N–H and O–H groups in total. The summed E-state index contributed by atoms with van der Waals surface area (Å²) < 4.78 is 106. The molecule has 0 amide bonds. The van der Waals surface area contributed by atoms with Crippen LogP contribution in [0.25, 0.3) is 10.8 Å². The summed E-state index contributed by atoms with van der Waals surface area (Å²) in [5.41, 5.74) is -1.68. The van der Waals surface area contributed by atoms with Crippen molar-refractivity contribution in [2.45, 2.75) is 38.0 Å². The Hall–Kier alpha value is -3.58. The zero-order valence-electron chi connectivity index (χ0n) is 18.6. The summed E-state index contributed by atoms with van der Waals surface area (Å²) in [6, 6.07) is 5.86. The van der Waals surface area contributed by atoms with E-state index in [9.17, 15) is 35.5 Å². The zero-order chi connectivity index (χ0) is 26.2. The van der Waals surface area contributed by atoms with Crippen LogP contribution in [-0.4, -0.2) is 24.9 Å². The maximum Gasteiger partial charge on any atom is 0.458 e. The standard InChI is InChI=1S/C26H17F7O3/c1-13-2-3-14(12-35-13)15-9-21(28)23(22(29)10-15)25(34)36-17-4-5-18-16(8-17)11-20(27)19(24(18)30)6-7-26(31,32)33/h4-5,8-11,13-14H,2-3,12H2,1H3. The number of halogens is 7. The van der Waals surface area contributed by atoms with Crippen molar-refractivity contribution in [3.8, 4) is 17.6 Å². The summed E-state index contributed by atoms with van der Waals surface area (Å²) in [6.07, 6.45) is -3.51. The maximum atomic E-state index is 14.7. The van der Waals surface area contributed by atoms with Crippen LogP contribution < -0.4 is 4.74 Å². The molecule has 2 unspecified atom stereocenters. The van der Waals surface area contributed by atoms with E-state index in [1.54, 1.807) is 0 Å². The van der Waals surface area contributed by atoms with Crippen molar-refractivity contribution >= 4 is 16.7 Å². The second-order valence-electron chi connectivity index (χ2n) is 8.35. The Morgan fingerprint density at radius 3 is 2.31 bits per heavy atom. The lowest BCUT2D eigenvalue weighted by molar-refractivity contribution is -0.0696. The van der Waals surface area contributed by atoms with Gasteiger partial charge in [-0.05, 0) is 67.1 Å². The highest BCUT2D eigenvalue weighted by atomic mass is 19.4. The summed E-state index contributed by atoms with van der Waals surface area (Å²) in [5, 5.41) is -0.468. The maximum absolute atomic E-state index is 14.7. The zero-order valence-corrected chi connectivity index (χ0v) is 18.6. The predicted molar refractivity (Wildman–Crippen MR) is 116 cm³/mol. The van der Waals surface area contributed by atoms with Gasteiger partial charge < -0.3 is 9.47 Å². The topological polar surface area (TPSA) is 35.5 Å². The molecule has 1 saturated heterocycles. The predicted octanol–water partition coefficient (Wildman–Crippen LogP) is 6.81. The van der Waals surface area contributed by atoms with Crippen LogP contribution >= 0.6 is 0 Å². The van der Waals surface area contributed by atoms with E-state index in [-0.39, 0.29) is 35.2 Å². The molecule has 3 aromatic carbocycles. The van der Waals surface area contributed by atoms with Crippen LogP contribution in [0.1, 0.15) is 47.2 Å². The molecule has 2 atom stereocenters. The van der Waals surface area contributed by atoms with Crippen molar-refractivity contribution in [2.75, 3.05) is 6.61 Å². The van der Waals surface area contributed by atoms with Crippen molar-refractivity contribution in [1.29, 1.82) is 0 Å². The number of hydrogen-bond donors (Lipinski definition) is 0. The van der Waals surface area contributed by atoms with Gasteiger partial charge in [-0.3, -0.25) is 0 Å². The van der Waals surface area contributed by atoms with Crippen LogP contribution in [0.2, 0.25) is 0 Å². The minimum absolute atomic E-state index is 0.0495. The Labute approximate surface area is 200 Å². The van der Waals surface area contributed by atoms with Crippen LogP contribution in [-0.2, 0) is 4.74 Å². The Bertz CT molecular complexity index is 1370. The molecule has 0 spiro atoms. The van der Waals surface area contributed by atoms with Crippen molar-refractivity contribution in [2.24, 2.45) is 0 Å². The van der Waals surface area contributed by atoms with Gasteiger partial charge in [-0.2, -0.15) is 13.2 Å². The lowest BCUT2D eigenvalue weighted by atomic mass is 9.91. The molecular formula is C26H17F7O3. The van der Waals surface area contributed by atoms with Gasteiger partial charge in [0, 0.05) is 17.2 Å². The van der Waals surface area contributed by atoms with E-state index in [2.05, 4.69) is 0 Å². The molecule has 1 fully saturated rings. The highest BCUT2D eigenvalue weighted by Gasteiger charge is 2.27. The average molecular weight is 510 g/mol. The van der Waals surface area contributed by atoms with Gasteiger partial charge in [-0.15, -0.1) is 0 Å².